The number of aliphatic carboxylic acids is 1. The first-order chi connectivity index (χ1) is 7.52. The number of nitrogens with zero attached hydrogens (tertiary/aromatic N) is 2. The first-order valence-electron chi connectivity index (χ1n) is 4.61. The number of hydrogen-bond acceptors (Lipinski definition) is 5. The lowest BCUT2D eigenvalue weighted by atomic mass is 10.1. The van der Waals surface area contributed by atoms with Gasteiger partial charge in [-0.25, -0.2) is 4.98 Å². The highest BCUT2D eigenvalue weighted by Gasteiger charge is 2.28. The molecule has 2 heterocycles. The van der Waals surface area contributed by atoms with Crippen molar-refractivity contribution >= 4 is 22.3 Å². The van der Waals surface area contributed by atoms with E-state index >= 15 is 0 Å². The van der Waals surface area contributed by atoms with Crippen molar-refractivity contribution in [2.24, 2.45) is 5.73 Å². The molecule has 0 aliphatic heterocycles. The van der Waals surface area contributed by atoms with Crippen molar-refractivity contribution in [1.29, 1.82) is 0 Å². The van der Waals surface area contributed by atoms with E-state index in [0.717, 1.165) is 0 Å². The molecule has 16 heavy (non-hydrogen) atoms. The molecule has 0 radical (unpaired) electrons. The fraction of sp³-hybridized carbons (Fsp3) is 0.333. The number of carboxylic acids is 1. The summed E-state index contributed by atoms with van der Waals surface area (Å²) < 4.78 is 1.66. The maximum Gasteiger partial charge on any atom is 0.323 e. The van der Waals surface area contributed by atoms with Gasteiger partial charge in [-0.2, -0.15) is 0 Å². The second-order valence-electron chi connectivity index (χ2n) is 3.45. The molecule has 0 saturated heterocycles. The minimum absolute atomic E-state index is 0.436. The van der Waals surface area contributed by atoms with Crippen LogP contribution in [0.2, 0.25) is 0 Å². The van der Waals surface area contributed by atoms with E-state index in [9.17, 15) is 9.90 Å². The Labute approximate surface area is 95.0 Å². The molecule has 0 aliphatic carbocycles. The number of carboxylic acid groups (broad SMARTS) is 1. The quantitative estimate of drug-likeness (QED) is 0.710. The fourth-order valence-electron chi connectivity index (χ4n) is 1.57. The van der Waals surface area contributed by atoms with Crippen LogP contribution >= 0.6 is 11.3 Å². The van der Waals surface area contributed by atoms with E-state index in [2.05, 4.69) is 4.98 Å². The molecule has 0 amide bonds. The van der Waals surface area contributed by atoms with Crippen LogP contribution in [0.25, 0.3) is 4.96 Å². The third-order valence-corrected chi connectivity index (χ3v) is 3.15. The molecule has 2 aromatic heterocycles. The topological polar surface area (TPSA) is 101 Å². The van der Waals surface area contributed by atoms with Crippen LogP contribution in [0.1, 0.15) is 17.5 Å². The lowest BCUT2D eigenvalue weighted by molar-refractivity contribution is -0.141. The van der Waals surface area contributed by atoms with Gasteiger partial charge in [-0.3, -0.25) is 9.20 Å². The average Bonchev–Trinajstić information content (AvgIpc) is 2.74. The normalized spacial score (nSPS) is 15.2. The number of thiazole rings is 1. The van der Waals surface area contributed by atoms with E-state index in [-0.39, 0.29) is 0 Å². The lowest BCUT2D eigenvalue weighted by Crippen LogP contribution is -2.37. The lowest BCUT2D eigenvalue weighted by Gasteiger charge is -2.14. The van der Waals surface area contributed by atoms with Gasteiger partial charge >= 0.3 is 5.97 Å². The molecule has 0 saturated carbocycles. The Morgan fingerprint density at radius 2 is 2.38 bits per heavy atom. The van der Waals surface area contributed by atoms with Crippen molar-refractivity contribution < 1.29 is 15.0 Å². The second kappa shape index (κ2) is 3.85. The zero-order chi connectivity index (χ0) is 11.9. The number of aliphatic hydroxyl groups is 1. The Kier molecular flexibility index (Phi) is 2.66. The molecule has 2 unspecified atom stereocenters. The summed E-state index contributed by atoms with van der Waals surface area (Å²) in [7, 11) is 0. The van der Waals surface area contributed by atoms with Crippen molar-refractivity contribution in [3.63, 3.8) is 0 Å². The summed E-state index contributed by atoms with van der Waals surface area (Å²) >= 11 is 1.41. The monoisotopic (exact) mass is 241 g/mol. The number of imidazole rings is 1. The highest BCUT2D eigenvalue weighted by Crippen LogP contribution is 2.24. The molecule has 0 bridgehead atoms. The van der Waals surface area contributed by atoms with Crippen molar-refractivity contribution in [2.75, 3.05) is 0 Å². The van der Waals surface area contributed by atoms with Crippen LogP contribution in [0.4, 0.5) is 0 Å². The van der Waals surface area contributed by atoms with E-state index in [4.69, 9.17) is 10.8 Å². The van der Waals surface area contributed by atoms with Gasteiger partial charge in [0.2, 0.25) is 0 Å². The van der Waals surface area contributed by atoms with Crippen molar-refractivity contribution in [3.05, 3.63) is 23.0 Å². The summed E-state index contributed by atoms with van der Waals surface area (Å²) in [6.07, 6.45) is 0.467. The van der Waals surface area contributed by atoms with Gasteiger partial charge in [0.05, 0.1) is 11.4 Å². The van der Waals surface area contributed by atoms with Gasteiger partial charge in [-0.1, -0.05) is 0 Å². The molecule has 4 N–H and O–H groups in total. The number of carbonyl (C=O) groups is 1. The number of aryl methyl sites for hydroxylation is 1. The summed E-state index contributed by atoms with van der Waals surface area (Å²) in [5.41, 5.74) is 6.42. The number of rotatable bonds is 3. The maximum absolute atomic E-state index is 10.7. The van der Waals surface area contributed by atoms with Crippen LogP contribution in [0, 0.1) is 6.92 Å². The molecular formula is C9H11N3O3S. The largest absolute Gasteiger partial charge is 0.480 e. The van der Waals surface area contributed by atoms with E-state index in [0.29, 0.717) is 16.3 Å². The molecule has 2 rings (SSSR count). The molecule has 2 atom stereocenters. The zero-order valence-corrected chi connectivity index (χ0v) is 9.31. The number of fused-ring (bicyclic) bond motifs is 1. The summed E-state index contributed by atoms with van der Waals surface area (Å²) in [5.74, 6) is -1.24. The molecule has 7 heteroatoms. The van der Waals surface area contributed by atoms with Crippen molar-refractivity contribution in [1.82, 2.24) is 9.38 Å². The standard InChI is InChI=1S/C9H11N3O3S/c1-4-6(7(13)5(10)8(14)15)12-2-3-16-9(12)11-4/h2-3,5,7,13H,10H2,1H3,(H,14,15). The van der Waals surface area contributed by atoms with E-state index < -0.39 is 18.1 Å². The zero-order valence-electron chi connectivity index (χ0n) is 8.49. The molecule has 2 aromatic rings. The minimum Gasteiger partial charge on any atom is -0.480 e. The summed E-state index contributed by atoms with van der Waals surface area (Å²) in [5, 5.41) is 20.4. The van der Waals surface area contributed by atoms with Crippen LogP contribution in [-0.4, -0.2) is 31.6 Å². The maximum atomic E-state index is 10.7. The predicted octanol–water partition coefficient (Wildman–Crippen LogP) is 0.150. The third-order valence-electron chi connectivity index (χ3n) is 2.39. The number of aliphatic hydroxyl groups excluding tert-OH is 1. The average molecular weight is 241 g/mol. The van der Waals surface area contributed by atoms with Gasteiger partial charge in [-0.05, 0) is 6.92 Å². The van der Waals surface area contributed by atoms with Gasteiger partial charge in [0.1, 0.15) is 12.1 Å². The summed E-state index contributed by atoms with van der Waals surface area (Å²) in [6.45, 7) is 1.72. The van der Waals surface area contributed by atoms with E-state index in [1.54, 1.807) is 17.5 Å². The SMILES string of the molecule is Cc1nc2sccn2c1C(O)C(N)C(=O)O. The first-order valence-corrected chi connectivity index (χ1v) is 5.49. The smallest absolute Gasteiger partial charge is 0.323 e. The molecule has 0 fully saturated rings. The van der Waals surface area contributed by atoms with Crippen molar-refractivity contribution in [2.45, 2.75) is 19.1 Å². The van der Waals surface area contributed by atoms with Crippen LogP contribution in [0.5, 0.6) is 0 Å². The number of hydrogen-bond donors (Lipinski definition) is 3. The molecular weight excluding hydrogens is 230 g/mol. The van der Waals surface area contributed by atoms with Gasteiger partial charge in [0, 0.05) is 11.6 Å². The Morgan fingerprint density at radius 1 is 1.69 bits per heavy atom. The van der Waals surface area contributed by atoms with Gasteiger partial charge in [0.25, 0.3) is 0 Å². The summed E-state index contributed by atoms with van der Waals surface area (Å²) in [6, 6.07) is -1.35. The highest BCUT2D eigenvalue weighted by atomic mass is 32.1. The molecule has 86 valence electrons. The molecule has 6 nitrogen and oxygen atoms in total. The Balaban J connectivity index is 2.49. The van der Waals surface area contributed by atoms with E-state index in [1.165, 1.54) is 11.3 Å². The van der Waals surface area contributed by atoms with Gasteiger partial charge in [0.15, 0.2) is 4.96 Å². The second-order valence-corrected chi connectivity index (χ2v) is 4.32. The van der Waals surface area contributed by atoms with Crippen LogP contribution in [0.15, 0.2) is 11.6 Å². The fourth-order valence-corrected chi connectivity index (χ4v) is 2.34. The van der Waals surface area contributed by atoms with Crippen LogP contribution in [0.3, 0.4) is 0 Å². The van der Waals surface area contributed by atoms with Gasteiger partial charge in [-0.15, -0.1) is 11.3 Å². The number of aromatic nitrogens is 2. The Hall–Kier alpha value is -1.44. The molecule has 0 aliphatic rings. The Bertz CT molecular complexity index is 533. The predicted molar refractivity (Wildman–Crippen MR) is 58.4 cm³/mol. The third kappa shape index (κ3) is 1.58. The van der Waals surface area contributed by atoms with Crippen LogP contribution in [-0.2, 0) is 4.79 Å². The van der Waals surface area contributed by atoms with Gasteiger partial charge < -0.3 is 15.9 Å². The first kappa shape index (κ1) is 11.1. The summed E-state index contributed by atoms with van der Waals surface area (Å²) in [4.78, 5) is 15.6. The van der Waals surface area contributed by atoms with Crippen molar-refractivity contribution in [3.8, 4) is 0 Å². The van der Waals surface area contributed by atoms with Crippen LogP contribution < -0.4 is 5.73 Å². The Morgan fingerprint density at radius 3 is 3.00 bits per heavy atom. The number of nitrogens with two attached hydrogens (primary N) is 1. The molecule has 0 spiro atoms. The minimum atomic E-state index is -1.35. The molecule has 0 aromatic carbocycles. The highest BCUT2D eigenvalue weighted by molar-refractivity contribution is 7.15. The van der Waals surface area contributed by atoms with E-state index in [1.807, 2.05) is 5.38 Å².